The van der Waals surface area contributed by atoms with Crippen molar-refractivity contribution in [3.63, 3.8) is 0 Å². The van der Waals surface area contributed by atoms with Crippen LogP contribution in [0.4, 0.5) is 0 Å². The second-order valence-corrected chi connectivity index (χ2v) is 4.01. The normalized spacial score (nSPS) is 15.5. The molecule has 82 valence electrons. The molecule has 0 spiro atoms. The van der Waals surface area contributed by atoms with E-state index >= 15 is 0 Å². The summed E-state index contributed by atoms with van der Waals surface area (Å²) in [5, 5.41) is 0. The van der Waals surface area contributed by atoms with Crippen LogP contribution >= 0.6 is 0 Å². The van der Waals surface area contributed by atoms with E-state index in [1.807, 2.05) is 18.2 Å². The first-order valence-corrected chi connectivity index (χ1v) is 5.40. The van der Waals surface area contributed by atoms with Crippen LogP contribution in [0.1, 0.15) is 24.2 Å². The highest BCUT2D eigenvalue weighted by Gasteiger charge is 2.21. The molecule has 3 nitrogen and oxygen atoms in total. The van der Waals surface area contributed by atoms with Crippen LogP contribution in [0, 0.1) is 5.92 Å². The third-order valence-corrected chi connectivity index (χ3v) is 2.46. The Hall–Kier alpha value is -0.930. The lowest BCUT2D eigenvalue weighted by Gasteiger charge is -2.04. The molecule has 2 rings (SSSR count). The first-order chi connectivity index (χ1) is 7.38. The second-order valence-electron chi connectivity index (χ2n) is 4.01. The predicted molar refractivity (Wildman–Crippen MR) is 57.3 cm³/mol. The Bertz CT molecular complexity index is 310. The Morgan fingerprint density at radius 3 is 2.67 bits per heavy atom. The molecule has 1 heterocycles. The molecule has 1 saturated carbocycles. The molecular weight excluding hydrogens is 190 g/mol. The summed E-state index contributed by atoms with van der Waals surface area (Å²) in [6, 6.07) is 5.96. The summed E-state index contributed by atoms with van der Waals surface area (Å²) in [5.74, 6) is 0.812. The van der Waals surface area contributed by atoms with E-state index in [0.29, 0.717) is 13.2 Å². The summed E-state index contributed by atoms with van der Waals surface area (Å²) in [5.41, 5.74) is 1.95. The highest BCUT2D eigenvalue weighted by atomic mass is 16.5. The summed E-state index contributed by atoms with van der Waals surface area (Å²) in [7, 11) is 1.68. The predicted octanol–water partition coefficient (Wildman–Crippen LogP) is 2.15. The largest absolute Gasteiger partial charge is 0.378 e. The molecule has 0 bridgehead atoms. The molecular formula is C12H17NO2. The molecule has 1 fully saturated rings. The Labute approximate surface area is 90.4 Å². The van der Waals surface area contributed by atoms with Crippen molar-refractivity contribution in [2.24, 2.45) is 5.92 Å². The van der Waals surface area contributed by atoms with Gasteiger partial charge in [-0.1, -0.05) is 6.07 Å². The Kier molecular flexibility index (Phi) is 3.69. The maximum atomic E-state index is 5.57. The Balaban J connectivity index is 1.80. The van der Waals surface area contributed by atoms with Gasteiger partial charge in [0.15, 0.2) is 0 Å². The minimum absolute atomic E-state index is 0.566. The zero-order chi connectivity index (χ0) is 10.5. The minimum atomic E-state index is 0.566. The average molecular weight is 207 g/mol. The minimum Gasteiger partial charge on any atom is -0.378 e. The number of nitrogens with zero attached hydrogens (tertiary/aromatic N) is 1. The highest BCUT2D eigenvalue weighted by molar-refractivity contribution is 5.09. The van der Waals surface area contributed by atoms with E-state index in [2.05, 4.69) is 4.98 Å². The van der Waals surface area contributed by atoms with Crippen molar-refractivity contribution in [1.29, 1.82) is 0 Å². The molecule has 15 heavy (non-hydrogen) atoms. The summed E-state index contributed by atoms with van der Waals surface area (Å²) in [6.07, 6.45) is 2.66. The van der Waals surface area contributed by atoms with Gasteiger partial charge in [-0.2, -0.15) is 0 Å². The monoisotopic (exact) mass is 207 g/mol. The van der Waals surface area contributed by atoms with Gasteiger partial charge in [-0.15, -0.1) is 0 Å². The maximum Gasteiger partial charge on any atom is 0.0888 e. The molecule has 0 saturated heterocycles. The van der Waals surface area contributed by atoms with Gasteiger partial charge in [0.25, 0.3) is 0 Å². The van der Waals surface area contributed by atoms with E-state index in [4.69, 9.17) is 9.47 Å². The number of pyridine rings is 1. The number of aromatic nitrogens is 1. The lowest BCUT2D eigenvalue weighted by Crippen LogP contribution is -2.01. The van der Waals surface area contributed by atoms with Gasteiger partial charge in [0.05, 0.1) is 24.6 Å². The molecule has 0 aromatic carbocycles. The van der Waals surface area contributed by atoms with Crippen LogP contribution in [0.3, 0.4) is 0 Å². The smallest absolute Gasteiger partial charge is 0.0888 e. The number of hydrogen-bond donors (Lipinski definition) is 0. The molecule has 1 aromatic rings. The molecule has 0 atom stereocenters. The van der Waals surface area contributed by atoms with Gasteiger partial charge in [0, 0.05) is 13.7 Å². The van der Waals surface area contributed by atoms with Gasteiger partial charge in [0.1, 0.15) is 0 Å². The van der Waals surface area contributed by atoms with E-state index in [1.165, 1.54) is 12.8 Å². The molecule has 1 aliphatic carbocycles. The lowest BCUT2D eigenvalue weighted by atomic mass is 10.3. The van der Waals surface area contributed by atoms with Crippen molar-refractivity contribution >= 4 is 0 Å². The number of hydrogen-bond acceptors (Lipinski definition) is 3. The van der Waals surface area contributed by atoms with Crippen molar-refractivity contribution in [2.45, 2.75) is 26.1 Å². The van der Waals surface area contributed by atoms with E-state index in [-0.39, 0.29) is 0 Å². The fraction of sp³-hybridized carbons (Fsp3) is 0.583. The van der Waals surface area contributed by atoms with Gasteiger partial charge in [-0.25, -0.2) is 0 Å². The summed E-state index contributed by atoms with van der Waals surface area (Å²) >= 11 is 0. The SMILES string of the molecule is COCc1cccc(COCC2CC2)n1. The van der Waals surface area contributed by atoms with Gasteiger partial charge < -0.3 is 9.47 Å². The van der Waals surface area contributed by atoms with E-state index < -0.39 is 0 Å². The van der Waals surface area contributed by atoms with Crippen molar-refractivity contribution in [2.75, 3.05) is 13.7 Å². The average Bonchev–Trinajstić information content (AvgIpc) is 3.03. The van der Waals surface area contributed by atoms with E-state index in [9.17, 15) is 0 Å². The molecule has 0 aliphatic heterocycles. The van der Waals surface area contributed by atoms with Crippen molar-refractivity contribution in [1.82, 2.24) is 4.98 Å². The maximum absolute atomic E-state index is 5.57. The van der Waals surface area contributed by atoms with E-state index in [0.717, 1.165) is 23.9 Å². The Morgan fingerprint density at radius 1 is 1.27 bits per heavy atom. The molecule has 1 aliphatic rings. The fourth-order valence-electron chi connectivity index (χ4n) is 1.45. The number of ether oxygens (including phenoxy) is 2. The van der Waals surface area contributed by atoms with Gasteiger partial charge in [-0.3, -0.25) is 4.98 Å². The van der Waals surface area contributed by atoms with Gasteiger partial charge in [0.2, 0.25) is 0 Å². The van der Waals surface area contributed by atoms with Gasteiger partial charge >= 0.3 is 0 Å². The third-order valence-electron chi connectivity index (χ3n) is 2.46. The molecule has 0 unspecified atom stereocenters. The van der Waals surface area contributed by atoms with Crippen LogP contribution in [0.2, 0.25) is 0 Å². The zero-order valence-corrected chi connectivity index (χ0v) is 9.11. The first kappa shape index (κ1) is 10.6. The molecule has 0 amide bonds. The van der Waals surface area contributed by atoms with Crippen LogP contribution in [0.5, 0.6) is 0 Å². The van der Waals surface area contributed by atoms with Crippen LogP contribution in [-0.2, 0) is 22.7 Å². The number of methoxy groups -OCH3 is 1. The topological polar surface area (TPSA) is 31.4 Å². The molecule has 1 aromatic heterocycles. The van der Waals surface area contributed by atoms with Crippen molar-refractivity contribution in [3.05, 3.63) is 29.6 Å². The second kappa shape index (κ2) is 5.24. The van der Waals surface area contributed by atoms with E-state index in [1.54, 1.807) is 7.11 Å². The van der Waals surface area contributed by atoms with Crippen LogP contribution in [-0.4, -0.2) is 18.7 Å². The highest BCUT2D eigenvalue weighted by Crippen LogP contribution is 2.28. The fourth-order valence-corrected chi connectivity index (χ4v) is 1.45. The molecule has 0 radical (unpaired) electrons. The summed E-state index contributed by atoms with van der Waals surface area (Å²) in [4.78, 5) is 4.43. The molecule has 0 N–H and O–H groups in total. The van der Waals surface area contributed by atoms with Crippen molar-refractivity contribution < 1.29 is 9.47 Å². The van der Waals surface area contributed by atoms with Crippen LogP contribution in [0.25, 0.3) is 0 Å². The first-order valence-electron chi connectivity index (χ1n) is 5.40. The lowest BCUT2D eigenvalue weighted by molar-refractivity contribution is 0.108. The van der Waals surface area contributed by atoms with Crippen LogP contribution < -0.4 is 0 Å². The number of rotatable bonds is 6. The van der Waals surface area contributed by atoms with Gasteiger partial charge in [-0.05, 0) is 30.9 Å². The quantitative estimate of drug-likeness (QED) is 0.716. The standard InChI is InChI=1S/C12H17NO2/c1-14-8-11-3-2-4-12(13-11)9-15-7-10-5-6-10/h2-4,10H,5-9H2,1H3. The summed E-state index contributed by atoms with van der Waals surface area (Å²) in [6.45, 7) is 2.07. The van der Waals surface area contributed by atoms with Crippen LogP contribution in [0.15, 0.2) is 18.2 Å². The summed E-state index contributed by atoms with van der Waals surface area (Å²) < 4.78 is 10.6. The third kappa shape index (κ3) is 3.61. The molecule has 3 heteroatoms. The zero-order valence-electron chi connectivity index (χ0n) is 9.11. The van der Waals surface area contributed by atoms with Crippen molar-refractivity contribution in [3.8, 4) is 0 Å². The Morgan fingerprint density at radius 2 is 2.00 bits per heavy atom.